The molecule has 1 aliphatic rings. The number of aromatic nitrogens is 3. The van der Waals surface area contributed by atoms with Crippen LogP contribution in [0, 0.1) is 11.7 Å². The second kappa shape index (κ2) is 17.9. The van der Waals surface area contributed by atoms with Crippen molar-refractivity contribution in [2.45, 2.75) is 45.2 Å². The quantitative estimate of drug-likeness (QED) is 0.137. The third kappa shape index (κ3) is 11.4. The summed E-state index contributed by atoms with van der Waals surface area (Å²) in [4.78, 5) is 26.1. The van der Waals surface area contributed by atoms with Gasteiger partial charge in [-0.2, -0.15) is 15.0 Å². The van der Waals surface area contributed by atoms with Crippen LogP contribution in [0.5, 0.6) is 0 Å². The number of nitrogens with zero attached hydrogens (tertiary/aromatic N) is 3. The van der Waals surface area contributed by atoms with Crippen LogP contribution in [-0.2, 0) is 22.6 Å². The summed E-state index contributed by atoms with van der Waals surface area (Å²) in [5.41, 5.74) is 7.41. The number of benzene rings is 2. The molecule has 0 atom stereocenters. The highest BCUT2D eigenvalue weighted by Gasteiger charge is 2.15. The number of halogens is 1. The van der Waals surface area contributed by atoms with Crippen molar-refractivity contribution >= 4 is 23.8 Å². The molecule has 1 heterocycles. The summed E-state index contributed by atoms with van der Waals surface area (Å²) in [6, 6.07) is 13.9. The Balaban J connectivity index is 1.29. The van der Waals surface area contributed by atoms with Crippen molar-refractivity contribution in [2.24, 2.45) is 11.7 Å². The van der Waals surface area contributed by atoms with Crippen molar-refractivity contribution in [3.63, 3.8) is 0 Å². The van der Waals surface area contributed by atoms with Crippen molar-refractivity contribution in [2.75, 3.05) is 62.0 Å². The van der Waals surface area contributed by atoms with Gasteiger partial charge in [-0.1, -0.05) is 49.6 Å². The van der Waals surface area contributed by atoms with E-state index in [0.29, 0.717) is 81.0 Å². The van der Waals surface area contributed by atoms with Gasteiger partial charge in [0.2, 0.25) is 17.8 Å². The molecule has 0 radical (unpaired) electrons. The van der Waals surface area contributed by atoms with Crippen molar-refractivity contribution in [1.29, 1.82) is 0 Å². The van der Waals surface area contributed by atoms with Crippen LogP contribution < -0.4 is 27.0 Å². The number of rotatable bonds is 18. The number of anilines is 3. The fourth-order valence-electron chi connectivity index (χ4n) is 4.76. The van der Waals surface area contributed by atoms with Gasteiger partial charge < -0.3 is 36.5 Å². The van der Waals surface area contributed by atoms with Crippen molar-refractivity contribution in [3.05, 3.63) is 71.0 Å². The van der Waals surface area contributed by atoms with E-state index < -0.39 is 0 Å². The topological polar surface area (TPSA) is 148 Å². The molecule has 232 valence electrons. The van der Waals surface area contributed by atoms with E-state index >= 15 is 0 Å². The summed E-state index contributed by atoms with van der Waals surface area (Å²) in [5, 5.41) is 12.6. The second-order valence-electron chi connectivity index (χ2n) is 10.5. The van der Waals surface area contributed by atoms with Crippen molar-refractivity contribution < 1.29 is 18.7 Å². The molecule has 0 aliphatic heterocycles. The minimum Gasteiger partial charge on any atom is -0.378 e. The average molecular weight is 595 g/mol. The Morgan fingerprint density at radius 2 is 1.47 bits per heavy atom. The molecule has 12 heteroatoms. The molecule has 11 nitrogen and oxygen atoms in total. The summed E-state index contributed by atoms with van der Waals surface area (Å²) in [6.07, 6.45) is 6.22. The molecular formula is C31H43FN8O3. The van der Waals surface area contributed by atoms with E-state index in [1.807, 2.05) is 12.1 Å². The molecular weight excluding hydrogens is 551 g/mol. The Morgan fingerprint density at radius 1 is 0.814 bits per heavy atom. The first-order valence-corrected chi connectivity index (χ1v) is 15.0. The van der Waals surface area contributed by atoms with Crippen LogP contribution in [0.25, 0.3) is 0 Å². The molecule has 1 fully saturated rings. The zero-order chi connectivity index (χ0) is 30.1. The zero-order valence-electron chi connectivity index (χ0n) is 24.6. The van der Waals surface area contributed by atoms with E-state index in [4.69, 9.17) is 15.2 Å². The SMILES string of the molecule is NCCOCCOCCNC(=O)c1ccc(CNc2nc(NCc3ccccc3F)nc(NCC3CCCCC3)n2)cc1. The highest BCUT2D eigenvalue weighted by Crippen LogP contribution is 2.24. The van der Waals surface area contributed by atoms with Gasteiger partial charge in [0, 0.05) is 43.9 Å². The van der Waals surface area contributed by atoms with Gasteiger partial charge in [0.1, 0.15) is 5.82 Å². The minimum atomic E-state index is -0.285. The lowest BCUT2D eigenvalue weighted by Crippen LogP contribution is -2.27. The van der Waals surface area contributed by atoms with Gasteiger partial charge in [-0.05, 0) is 42.5 Å². The lowest BCUT2D eigenvalue weighted by Gasteiger charge is -2.21. The first kappa shape index (κ1) is 32.1. The standard InChI is InChI=1S/C31H43FN8O3/c32-27-9-5-4-8-26(27)22-37-31-39-29(35-20-23-6-2-1-3-7-23)38-30(40-31)36-21-24-10-12-25(13-11-24)28(41)34-15-17-43-19-18-42-16-14-33/h4-5,8-13,23H,1-3,6-7,14-22,33H2,(H,34,41)(H3,35,36,37,38,39,40). The normalized spacial score (nSPS) is 13.4. The number of hydrogen-bond acceptors (Lipinski definition) is 10. The predicted molar refractivity (Wildman–Crippen MR) is 165 cm³/mol. The fraction of sp³-hybridized carbons (Fsp3) is 0.484. The lowest BCUT2D eigenvalue weighted by molar-refractivity contribution is 0.0511. The highest BCUT2D eigenvalue weighted by atomic mass is 19.1. The van der Waals surface area contributed by atoms with E-state index in [9.17, 15) is 9.18 Å². The molecule has 2 aromatic carbocycles. The first-order valence-electron chi connectivity index (χ1n) is 15.0. The minimum absolute atomic E-state index is 0.167. The fourth-order valence-corrected chi connectivity index (χ4v) is 4.76. The molecule has 4 rings (SSSR count). The predicted octanol–water partition coefficient (Wildman–Crippen LogP) is 3.95. The van der Waals surface area contributed by atoms with Crippen LogP contribution in [0.3, 0.4) is 0 Å². The average Bonchev–Trinajstić information content (AvgIpc) is 3.04. The largest absolute Gasteiger partial charge is 0.378 e. The molecule has 1 aliphatic carbocycles. The van der Waals surface area contributed by atoms with Crippen LogP contribution in [0.2, 0.25) is 0 Å². The Bertz CT molecular complexity index is 1260. The summed E-state index contributed by atoms with van der Waals surface area (Å²) >= 11 is 0. The lowest BCUT2D eigenvalue weighted by atomic mass is 9.89. The Hall–Kier alpha value is -3.87. The summed E-state index contributed by atoms with van der Waals surface area (Å²) in [7, 11) is 0. The molecule has 1 aromatic heterocycles. The van der Waals surface area contributed by atoms with Gasteiger partial charge in [0.15, 0.2) is 0 Å². The van der Waals surface area contributed by atoms with Gasteiger partial charge in [-0.3, -0.25) is 4.79 Å². The van der Waals surface area contributed by atoms with E-state index in [-0.39, 0.29) is 18.3 Å². The molecule has 0 saturated heterocycles. The number of nitrogens with two attached hydrogens (primary N) is 1. The Kier molecular flexibility index (Phi) is 13.4. The van der Waals surface area contributed by atoms with E-state index in [2.05, 4.69) is 36.2 Å². The summed E-state index contributed by atoms with van der Waals surface area (Å²) in [5.74, 6) is 1.37. The number of hydrogen-bond donors (Lipinski definition) is 5. The van der Waals surface area contributed by atoms with E-state index in [1.54, 1.807) is 30.3 Å². The third-order valence-corrected chi connectivity index (χ3v) is 7.14. The molecule has 0 unspecified atom stereocenters. The van der Waals surface area contributed by atoms with Crippen LogP contribution in [0.4, 0.5) is 22.2 Å². The molecule has 1 saturated carbocycles. The molecule has 3 aromatic rings. The van der Waals surface area contributed by atoms with E-state index in [1.165, 1.54) is 38.2 Å². The monoisotopic (exact) mass is 594 g/mol. The number of nitrogens with one attached hydrogen (secondary N) is 4. The molecule has 0 bridgehead atoms. The van der Waals surface area contributed by atoms with Crippen LogP contribution in [0.15, 0.2) is 48.5 Å². The molecule has 0 spiro atoms. The number of ether oxygens (including phenoxy) is 2. The summed E-state index contributed by atoms with van der Waals surface area (Å²) in [6.45, 7) is 4.23. The third-order valence-electron chi connectivity index (χ3n) is 7.14. The number of carbonyl (C=O) groups excluding carboxylic acids is 1. The maximum Gasteiger partial charge on any atom is 0.251 e. The number of amides is 1. The van der Waals surface area contributed by atoms with Crippen molar-refractivity contribution in [1.82, 2.24) is 20.3 Å². The van der Waals surface area contributed by atoms with Gasteiger partial charge in [-0.15, -0.1) is 0 Å². The molecule has 6 N–H and O–H groups in total. The van der Waals surface area contributed by atoms with Gasteiger partial charge in [-0.25, -0.2) is 4.39 Å². The first-order chi connectivity index (χ1) is 21.1. The van der Waals surface area contributed by atoms with Gasteiger partial charge in [0.05, 0.1) is 26.4 Å². The Labute approximate surface area is 252 Å². The maximum absolute atomic E-state index is 14.1. The van der Waals surface area contributed by atoms with Gasteiger partial charge >= 0.3 is 0 Å². The van der Waals surface area contributed by atoms with E-state index in [0.717, 1.165) is 12.1 Å². The van der Waals surface area contributed by atoms with Crippen LogP contribution >= 0.6 is 0 Å². The van der Waals surface area contributed by atoms with Gasteiger partial charge in [0.25, 0.3) is 5.91 Å². The number of carbonyl (C=O) groups is 1. The zero-order valence-corrected chi connectivity index (χ0v) is 24.6. The summed E-state index contributed by atoms with van der Waals surface area (Å²) < 4.78 is 24.8. The van der Waals surface area contributed by atoms with Crippen LogP contribution in [-0.4, -0.2) is 66.9 Å². The second-order valence-corrected chi connectivity index (χ2v) is 10.5. The maximum atomic E-state index is 14.1. The van der Waals surface area contributed by atoms with Crippen LogP contribution in [0.1, 0.15) is 53.6 Å². The Morgan fingerprint density at radius 3 is 2.16 bits per heavy atom. The van der Waals surface area contributed by atoms with Crippen molar-refractivity contribution in [3.8, 4) is 0 Å². The molecule has 1 amide bonds. The molecule has 43 heavy (non-hydrogen) atoms. The highest BCUT2D eigenvalue weighted by molar-refractivity contribution is 5.94. The smallest absolute Gasteiger partial charge is 0.251 e.